The van der Waals surface area contributed by atoms with Gasteiger partial charge in [0.15, 0.2) is 0 Å². The Bertz CT molecular complexity index is 407. The first kappa shape index (κ1) is 13.5. The van der Waals surface area contributed by atoms with Gasteiger partial charge in [-0.1, -0.05) is 12.5 Å². The predicted octanol–water partition coefficient (Wildman–Crippen LogP) is 2.73. The van der Waals surface area contributed by atoms with Gasteiger partial charge in [-0.2, -0.15) is 0 Å². The minimum atomic E-state index is -0.176. The quantitative estimate of drug-likeness (QED) is 0.889. The number of rotatable bonds is 4. The van der Waals surface area contributed by atoms with Gasteiger partial charge in [-0.25, -0.2) is 4.39 Å². The molecule has 0 aliphatic heterocycles. The first-order valence-electron chi connectivity index (χ1n) is 6.68. The average molecular weight is 251 g/mol. The largest absolute Gasteiger partial charge is 0.393 e. The molecule has 1 N–H and O–H groups in total. The topological polar surface area (TPSA) is 23.5 Å². The van der Waals surface area contributed by atoms with Crippen LogP contribution in [0.3, 0.4) is 0 Å². The summed E-state index contributed by atoms with van der Waals surface area (Å²) in [5.74, 6) is 0.223. The van der Waals surface area contributed by atoms with Crippen molar-refractivity contribution in [3.05, 3.63) is 35.1 Å². The summed E-state index contributed by atoms with van der Waals surface area (Å²) in [5, 5.41) is 9.82. The normalized spacial score (nSPS) is 23.8. The van der Waals surface area contributed by atoms with E-state index in [1.807, 2.05) is 13.0 Å². The molecule has 0 aromatic heterocycles. The molecule has 0 heterocycles. The molecule has 0 amide bonds. The van der Waals surface area contributed by atoms with E-state index in [9.17, 15) is 9.50 Å². The summed E-state index contributed by atoms with van der Waals surface area (Å²) < 4.78 is 13.0. The molecule has 18 heavy (non-hydrogen) atoms. The zero-order valence-electron chi connectivity index (χ0n) is 11.2. The van der Waals surface area contributed by atoms with Crippen molar-refractivity contribution >= 4 is 0 Å². The Morgan fingerprint density at radius 2 is 2.17 bits per heavy atom. The van der Waals surface area contributed by atoms with Gasteiger partial charge in [0.2, 0.25) is 0 Å². The lowest BCUT2D eigenvalue weighted by Crippen LogP contribution is -2.29. The highest BCUT2D eigenvalue weighted by atomic mass is 19.1. The van der Waals surface area contributed by atoms with Gasteiger partial charge in [-0.3, -0.25) is 0 Å². The summed E-state index contributed by atoms with van der Waals surface area (Å²) >= 11 is 0. The summed E-state index contributed by atoms with van der Waals surface area (Å²) in [6.45, 7) is 3.67. The maximum Gasteiger partial charge on any atom is 0.123 e. The third kappa shape index (κ3) is 3.30. The van der Waals surface area contributed by atoms with E-state index in [-0.39, 0.29) is 11.9 Å². The molecule has 0 spiro atoms. The van der Waals surface area contributed by atoms with Crippen LogP contribution in [-0.4, -0.2) is 29.7 Å². The van der Waals surface area contributed by atoms with E-state index in [0.29, 0.717) is 5.92 Å². The van der Waals surface area contributed by atoms with Crippen molar-refractivity contribution < 1.29 is 9.50 Å². The van der Waals surface area contributed by atoms with Crippen LogP contribution < -0.4 is 0 Å². The zero-order chi connectivity index (χ0) is 13.1. The lowest BCUT2D eigenvalue weighted by molar-refractivity contribution is 0.108. The molecule has 1 saturated carbocycles. The Kier molecular flexibility index (Phi) is 4.36. The van der Waals surface area contributed by atoms with Gasteiger partial charge in [-0.15, -0.1) is 0 Å². The van der Waals surface area contributed by atoms with Gasteiger partial charge in [-0.05, 0) is 56.0 Å². The van der Waals surface area contributed by atoms with Crippen molar-refractivity contribution in [2.45, 2.75) is 38.8 Å². The zero-order valence-corrected chi connectivity index (χ0v) is 11.2. The Hall–Kier alpha value is -0.930. The SMILES string of the molecule is Cc1cc(F)ccc1CN(C)CC1CCCC1O. The number of halogens is 1. The molecule has 1 aromatic carbocycles. The van der Waals surface area contributed by atoms with Gasteiger partial charge in [0, 0.05) is 13.1 Å². The monoisotopic (exact) mass is 251 g/mol. The molecule has 0 radical (unpaired) electrons. The molecule has 100 valence electrons. The molecule has 2 unspecified atom stereocenters. The molecule has 2 rings (SSSR count). The van der Waals surface area contributed by atoms with Gasteiger partial charge >= 0.3 is 0 Å². The van der Waals surface area contributed by atoms with E-state index in [1.165, 1.54) is 6.07 Å². The molecule has 3 heteroatoms. The van der Waals surface area contributed by atoms with Crippen LogP contribution in [0.25, 0.3) is 0 Å². The van der Waals surface area contributed by atoms with Crippen LogP contribution in [0.4, 0.5) is 4.39 Å². The van der Waals surface area contributed by atoms with E-state index in [0.717, 1.165) is 43.5 Å². The number of hydrogen-bond acceptors (Lipinski definition) is 2. The summed E-state index contributed by atoms with van der Waals surface area (Å²) in [5.41, 5.74) is 2.15. The van der Waals surface area contributed by atoms with Crippen molar-refractivity contribution in [1.82, 2.24) is 4.90 Å². The third-order valence-electron chi connectivity index (χ3n) is 3.91. The van der Waals surface area contributed by atoms with E-state index in [2.05, 4.69) is 11.9 Å². The van der Waals surface area contributed by atoms with Gasteiger partial charge in [0.1, 0.15) is 5.82 Å². The van der Waals surface area contributed by atoms with Crippen molar-refractivity contribution in [2.75, 3.05) is 13.6 Å². The molecular formula is C15H22FNO. The highest BCUT2D eigenvalue weighted by Crippen LogP contribution is 2.26. The molecule has 1 aliphatic rings. The van der Waals surface area contributed by atoms with E-state index >= 15 is 0 Å². The third-order valence-corrected chi connectivity index (χ3v) is 3.91. The van der Waals surface area contributed by atoms with E-state index in [4.69, 9.17) is 0 Å². The Balaban J connectivity index is 1.92. The number of aliphatic hydroxyl groups excluding tert-OH is 1. The van der Waals surface area contributed by atoms with Gasteiger partial charge in [0.05, 0.1) is 6.10 Å². The Morgan fingerprint density at radius 3 is 2.78 bits per heavy atom. The maximum absolute atomic E-state index is 13.0. The van der Waals surface area contributed by atoms with Crippen LogP contribution in [-0.2, 0) is 6.54 Å². The van der Waals surface area contributed by atoms with Gasteiger partial charge < -0.3 is 10.0 Å². The molecule has 2 nitrogen and oxygen atoms in total. The summed E-state index contributed by atoms with van der Waals surface area (Å²) in [6, 6.07) is 4.94. The molecular weight excluding hydrogens is 229 g/mol. The summed E-state index contributed by atoms with van der Waals surface area (Å²) in [6.07, 6.45) is 3.05. The lowest BCUT2D eigenvalue weighted by Gasteiger charge is -2.23. The number of nitrogens with zero attached hydrogens (tertiary/aromatic N) is 1. The van der Waals surface area contributed by atoms with Crippen LogP contribution in [0.15, 0.2) is 18.2 Å². The van der Waals surface area contributed by atoms with Crippen LogP contribution in [0, 0.1) is 18.7 Å². The molecule has 1 aliphatic carbocycles. The van der Waals surface area contributed by atoms with Crippen LogP contribution in [0.5, 0.6) is 0 Å². The fraction of sp³-hybridized carbons (Fsp3) is 0.600. The number of aliphatic hydroxyl groups is 1. The second-order valence-electron chi connectivity index (χ2n) is 5.53. The molecule has 1 aromatic rings. The van der Waals surface area contributed by atoms with Gasteiger partial charge in [0.25, 0.3) is 0 Å². The highest BCUT2D eigenvalue weighted by Gasteiger charge is 2.26. The van der Waals surface area contributed by atoms with Crippen LogP contribution in [0.1, 0.15) is 30.4 Å². The predicted molar refractivity (Wildman–Crippen MR) is 70.8 cm³/mol. The maximum atomic E-state index is 13.0. The van der Waals surface area contributed by atoms with Crippen molar-refractivity contribution in [3.8, 4) is 0 Å². The smallest absolute Gasteiger partial charge is 0.123 e. The highest BCUT2D eigenvalue weighted by molar-refractivity contribution is 5.26. The van der Waals surface area contributed by atoms with Crippen LogP contribution in [0.2, 0.25) is 0 Å². The number of hydrogen-bond donors (Lipinski definition) is 1. The standard InChI is InChI=1S/C15H22FNO/c1-11-8-14(16)7-6-12(11)9-17(2)10-13-4-3-5-15(13)18/h6-8,13,15,18H,3-5,9-10H2,1-2H3. The second kappa shape index (κ2) is 5.81. The molecule has 0 saturated heterocycles. The van der Waals surface area contributed by atoms with E-state index < -0.39 is 0 Å². The number of aryl methyl sites for hydroxylation is 1. The molecule has 1 fully saturated rings. The summed E-state index contributed by atoms with van der Waals surface area (Å²) in [7, 11) is 2.06. The Morgan fingerprint density at radius 1 is 1.39 bits per heavy atom. The van der Waals surface area contributed by atoms with Crippen molar-refractivity contribution in [1.29, 1.82) is 0 Å². The number of benzene rings is 1. The summed E-state index contributed by atoms with van der Waals surface area (Å²) in [4.78, 5) is 2.22. The van der Waals surface area contributed by atoms with Crippen molar-refractivity contribution in [2.24, 2.45) is 5.92 Å². The minimum Gasteiger partial charge on any atom is -0.393 e. The average Bonchev–Trinajstić information content (AvgIpc) is 2.69. The molecule has 2 atom stereocenters. The fourth-order valence-electron chi connectivity index (χ4n) is 2.82. The fourth-order valence-corrected chi connectivity index (χ4v) is 2.82. The van der Waals surface area contributed by atoms with Crippen molar-refractivity contribution in [3.63, 3.8) is 0 Å². The van der Waals surface area contributed by atoms with Crippen LogP contribution >= 0.6 is 0 Å². The minimum absolute atomic E-state index is 0.137. The Labute approximate surface area is 108 Å². The first-order chi connectivity index (χ1) is 8.56. The second-order valence-corrected chi connectivity index (χ2v) is 5.53. The molecule has 0 bridgehead atoms. The first-order valence-corrected chi connectivity index (χ1v) is 6.68. The van der Waals surface area contributed by atoms with E-state index in [1.54, 1.807) is 6.07 Å². The lowest BCUT2D eigenvalue weighted by atomic mass is 10.0.